The van der Waals surface area contributed by atoms with Crippen molar-refractivity contribution in [2.24, 2.45) is 5.92 Å². The third-order valence-electron chi connectivity index (χ3n) is 4.13. The van der Waals surface area contributed by atoms with Crippen LogP contribution in [0.2, 0.25) is 0 Å². The molecule has 1 saturated heterocycles. The highest BCUT2D eigenvalue weighted by Gasteiger charge is 2.45. The number of β-amino-alcohol motifs (C(OH)–C–C–N with tert-alkyl or cyclic N) is 1. The van der Waals surface area contributed by atoms with E-state index in [2.05, 4.69) is 17.0 Å². The predicted molar refractivity (Wildman–Crippen MR) is 77.3 cm³/mol. The Morgan fingerprint density at radius 3 is 2.70 bits per heavy atom. The second-order valence-corrected chi connectivity index (χ2v) is 5.73. The first-order chi connectivity index (χ1) is 9.55. The quantitative estimate of drug-likeness (QED) is 0.836. The average Bonchev–Trinajstić information content (AvgIpc) is 2.79. The van der Waals surface area contributed by atoms with Gasteiger partial charge in [-0.2, -0.15) is 0 Å². The van der Waals surface area contributed by atoms with Gasteiger partial charge in [0.05, 0.1) is 11.5 Å². The summed E-state index contributed by atoms with van der Waals surface area (Å²) in [5.41, 5.74) is 0.107. The van der Waals surface area contributed by atoms with E-state index in [9.17, 15) is 15.0 Å². The van der Waals surface area contributed by atoms with Gasteiger partial charge in [-0.15, -0.1) is 0 Å². The molecule has 110 valence electrons. The summed E-state index contributed by atoms with van der Waals surface area (Å²) in [6.07, 6.45) is 1.85. The van der Waals surface area contributed by atoms with E-state index in [-0.39, 0.29) is 0 Å². The highest BCUT2D eigenvalue weighted by molar-refractivity contribution is 5.71. The van der Waals surface area contributed by atoms with Crippen LogP contribution in [0.25, 0.3) is 0 Å². The van der Waals surface area contributed by atoms with E-state index >= 15 is 0 Å². The molecule has 0 aromatic heterocycles. The number of hydrogen-bond acceptors (Lipinski definition) is 3. The molecule has 4 nitrogen and oxygen atoms in total. The summed E-state index contributed by atoms with van der Waals surface area (Å²) in [6, 6.07) is 10.1. The molecule has 4 heteroatoms. The second kappa shape index (κ2) is 6.37. The Bertz CT molecular complexity index is 448. The summed E-state index contributed by atoms with van der Waals surface area (Å²) in [7, 11) is 0. The molecule has 0 spiro atoms. The Balaban J connectivity index is 2.01. The number of rotatable bonds is 6. The van der Waals surface area contributed by atoms with Crippen LogP contribution in [0.15, 0.2) is 30.3 Å². The molecule has 20 heavy (non-hydrogen) atoms. The van der Waals surface area contributed by atoms with Crippen molar-refractivity contribution in [1.29, 1.82) is 0 Å². The van der Waals surface area contributed by atoms with Crippen molar-refractivity contribution in [2.45, 2.75) is 38.3 Å². The second-order valence-electron chi connectivity index (χ2n) is 5.73. The van der Waals surface area contributed by atoms with E-state index < -0.39 is 17.5 Å². The summed E-state index contributed by atoms with van der Waals surface area (Å²) < 4.78 is 0. The summed E-state index contributed by atoms with van der Waals surface area (Å²) in [5.74, 6) is -1.54. The predicted octanol–water partition coefficient (Wildman–Crippen LogP) is 2.12. The molecular formula is C16H23NO3. The highest BCUT2D eigenvalue weighted by Crippen LogP contribution is 2.33. The molecule has 1 aliphatic rings. The van der Waals surface area contributed by atoms with Crippen LogP contribution in [0.1, 0.15) is 31.7 Å². The van der Waals surface area contributed by atoms with Crippen LogP contribution in [0.4, 0.5) is 0 Å². The number of aliphatic hydroxyl groups is 1. The van der Waals surface area contributed by atoms with Gasteiger partial charge in [-0.1, -0.05) is 43.7 Å². The summed E-state index contributed by atoms with van der Waals surface area (Å²) in [6.45, 7) is 3.91. The van der Waals surface area contributed by atoms with E-state index in [0.29, 0.717) is 19.4 Å². The molecule has 1 heterocycles. The van der Waals surface area contributed by atoms with Crippen molar-refractivity contribution in [2.75, 3.05) is 13.1 Å². The lowest BCUT2D eigenvalue weighted by molar-refractivity contribution is -0.152. The molecule has 1 aromatic rings. The van der Waals surface area contributed by atoms with Crippen molar-refractivity contribution in [3.63, 3.8) is 0 Å². The maximum Gasteiger partial charge on any atom is 0.309 e. The zero-order valence-corrected chi connectivity index (χ0v) is 12.0. The molecule has 2 rings (SSSR count). The Morgan fingerprint density at radius 1 is 1.40 bits per heavy atom. The maximum absolute atomic E-state index is 11.4. The number of carboxylic acid groups (broad SMARTS) is 1. The fourth-order valence-electron chi connectivity index (χ4n) is 3.07. The first-order valence-corrected chi connectivity index (χ1v) is 7.26. The van der Waals surface area contributed by atoms with Crippen LogP contribution >= 0.6 is 0 Å². The van der Waals surface area contributed by atoms with Gasteiger partial charge >= 0.3 is 5.97 Å². The number of carboxylic acids is 1. The molecule has 0 bridgehead atoms. The van der Waals surface area contributed by atoms with Crippen molar-refractivity contribution in [1.82, 2.24) is 4.90 Å². The highest BCUT2D eigenvalue weighted by atomic mass is 16.4. The lowest BCUT2D eigenvalue weighted by Crippen LogP contribution is -2.44. The normalized spacial score (nSPS) is 24.7. The lowest BCUT2D eigenvalue weighted by atomic mass is 9.83. The van der Waals surface area contributed by atoms with E-state index in [1.165, 1.54) is 5.56 Å². The van der Waals surface area contributed by atoms with Crippen LogP contribution in [0.5, 0.6) is 0 Å². The topological polar surface area (TPSA) is 60.8 Å². The van der Waals surface area contributed by atoms with Gasteiger partial charge in [-0.3, -0.25) is 9.69 Å². The third-order valence-corrected chi connectivity index (χ3v) is 4.13. The van der Waals surface area contributed by atoms with Crippen molar-refractivity contribution < 1.29 is 15.0 Å². The van der Waals surface area contributed by atoms with Gasteiger partial charge in [0.2, 0.25) is 0 Å². The average molecular weight is 277 g/mol. The molecular weight excluding hydrogens is 254 g/mol. The Morgan fingerprint density at radius 2 is 2.10 bits per heavy atom. The zero-order valence-electron chi connectivity index (χ0n) is 12.0. The van der Waals surface area contributed by atoms with Gasteiger partial charge in [0.15, 0.2) is 0 Å². The Kier molecular flexibility index (Phi) is 4.78. The first kappa shape index (κ1) is 15.0. The van der Waals surface area contributed by atoms with Crippen LogP contribution in [-0.4, -0.2) is 39.8 Å². The minimum Gasteiger partial charge on any atom is -0.481 e. The first-order valence-electron chi connectivity index (χ1n) is 7.26. The molecule has 1 aliphatic heterocycles. The third kappa shape index (κ3) is 3.38. The van der Waals surface area contributed by atoms with Crippen LogP contribution in [0, 0.1) is 5.92 Å². The van der Waals surface area contributed by atoms with E-state index in [1.54, 1.807) is 0 Å². The van der Waals surface area contributed by atoms with Gasteiger partial charge in [0.1, 0.15) is 0 Å². The Labute approximate surface area is 120 Å². The molecule has 1 aromatic carbocycles. The summed E-state index contributed by atoms with van der Waals surface area (Å²) in [5, 5.41) is 20.0. The van der Waals surface area contributed by atoms with E-state index in [4.69, 9.17) is 0 Å². The summed E-state index contributed by atoms with van der Waals surface area (Å²) >= 11 is 0. The number of benzene rings is 1. The fourth-order valence-corrected chi connectivity index (χ4v) is 3.07. The van der Waals surface area contributed by atoms with E-state index in [0.717, 1.165) is 19.5 Å². The van der Waals surface area contributed by atoms with Gasteiger partial charge in [-0.05, 0) is 18.4 Å². The molecule has 1 fully saturated rings. The Hall–Kier alpha value is -1.39. The van der Waals surface area contributed by atoms with E-state index in [1.807, 2.05) is 25.1 Å². The number of likely N-dealkylation sites (tertiary alicyclic amines) is 1. The largest absolute Gasteiger partial charge is 0.481 e. The summed E-state index contributed by atoms with van der Waals surface area (Å²) in [4.78, 5) is 13.5. The van der Waals surface area contributed by atoms with Gasteiger partial charge in [0, 0.05) is 19.6 Å². The molecule has 0 saturated carbocycles. The number of hydrogen-bond donors (Lipinski definition) is 2. The van der Waals surface area contributed by atoms with Gasteiger partial charge in [0.25, 0.3) is 0 Å². The minimum absolute atomic E-state index is 0.443. The fraction of sp³-hybridized carbons (Fsp3) is 0.562. The molecule has 2 unspecified atom stereocenters. The number of nitrogens with zero attached hydrogens (tertiary/aromatic N) is 1. The van der Waals surface area contributed by atoms with Crippen LogP contribution in [-0.2, 0) is 11.3 Å². The monoisotopic (exact) mass is 277 g/mol. The molecule has 2 atom stereocenters. The van der Waals surface area contributed by atoms with Crippen molar-refractivity contribution in [3.05, 3.63) is 35.9 Å². The molecule has 0 amide bonds. The van der Waals surface area contributed by atoms with Crippen LogP contribution in [0.3, 0.4) is 0 Å². The maximum atomic E-state index is 11.4. The van der Waals surface area contributed by atoms with Crippen molar-refractivity contribution in [3.8, 4) is 0 Å². The number of aliphatic carboxylic acids is 1. The van der Waals surface area contributed by atoms with Crippen LogP contribution < -0.4 is 0 Å². The minimum atomic E-state index is -1.09. The SMILES string of the molecule is CCCC(C(=O)O)C1(O)CCN(Cc2ccccc2)C1. The standard InChI is InChI=1S/C16H23NO3/c1-2-6-14(15(18)19)16(20)9-10-17(12-16)11-13-7-4-3-5-8-13/h3-5,7-8,14,20H,2,6,9-12H2,1H3,(H,18,19). The van der Waals surface area contributed by atoms with Crippen molar-refractivity contribution >= 4 is 5.97 Å². The molecule has 0 radical (unpaired) electrons. The number of carbonyl (C=O) groups is 1. The van der Waals surface area contributed by atoms with Gasteiger partial charge in [-0.25, -0.2) is 0 Å². The smallest absolute Gasteiger partial charge is 0.309 e. The molecule has 0 aliphatic carbocycles. The lowest BCUT2D eigenvalue weighted by Gasteiger charge is -2.29. The zero-order chi connectivity index (χ0) is 14.6. The molecule has 2 N–H and O–H groups in total. The van der Waals surface area contributed by atoms with Gasteiger partial charge < -0.3 is 10.2 Å².